The SMILES string of the molecule is CC(C(=O)Nc1ncc(Cl)s1)C(c1ccccc1)c1ccccc1. The van der Waals surface area contributed by atoms with Crippen molar-refractivity contribution in [1.82, 2.24) is 4.98 Å². The molecule has 2 aromatic carbocycles. The molecule has 0 aliphatic rings. The second kappa shape index (κ2) is 7.60. The average molecular weight is 357 g/mol. The van der Waals surface area contributed by atoms with Crippen molar-refractivity contribution in [2.75, 3.05) is 5.32 Å². The molecular formula is C19H17ClN2OS. The van der Waals surface area contributed by atoms with Crippen LogP contribution < -0.4 is 5.32 Å². The van der Waals surface area contributed by atoms with Crippen LogP contribution in [0.15, 0.2) is 66.9 Å². The maximum Gasteiger partial charge on any atom is 0.229 e. The van der Waals surface area contributed by atoms with Gasteiger partial charge in [0.2, 0.25) is 5.91 Å². The zero-order valence-electron chi connectivity index (χ0n) is 13.1. The smallest absolute Gasteiger partial charge is 0.229 e. The van der Waals surface area contributed by atoms with Gasteiger partial charge in [0.15, 0.2) is 5.13 Å². The Kier molecular flexibility index (Phi) is 5.28. The Hall–Kier alpha value is -2.17. The molecule has 0 saturated heterocycles. The lowest BCUT2D eigenvalue weighted by atomic mass is 9.81. The van der Waals surface area contributed by atoms with Crippen molar-refractivity contribution in [1.29, 1.82) is 0 Å². The molecule has 3 aromatic rings. The molecule has 0 spiro atoms. The van der Waals surface area contributed by atoms with Crippen molar-refractivity contribution >= 4 is 34.0 Å². The van der Waals surface area contributed by atoms with Crippen LogP contribution in [-0.4, -0.2) is 10.9 Å². The number of carbonyl (C=O) groups excluding carboxylic acids is 1. The van der Waals surface area contributed by atoms with E-state index in [1.54, 1.807) is 6.20 Å². The van der Waals surface area contributed by atoms with Crippen molar-refractivity contribution in [3.63, 3.8) is 0 Å². The quantitative estimate of drug-likeness (QED) is 0.682. The summed E-state index contributed by atoms with van der Waals surface area (Å²) in [6.45, 7) is 1.94. The van der Waals surface area contributed by atoms with Gasteiger partial charge in [0.05, 0.1) is 6.20 Å². The molecule has 0 aliphatic heterocycles. The van der Waals surface area contributed by atoms with Gasteiger partial charge in [-0.05, 0) is 11.1 Å². The first-order valence-corrected chi connectivity index (χ1v) is 8.86. The van der Waals surface area contributed by atoms with Crippen molar-refractivity contribution in [2.45, 2.75) is 12.8 Å². The Morgan fingerprint density at radius 2 is 1.58 bits per heavy atom. The molecule has 3 rings (SSSR count). The van der Waals surface area contributed by atoms with E-state index >= 15 is 0 Å². The number of amides is 1. The number of anilines is 1. The first-order valence-electron chi connectivity index (χ1n) is 7.67. The number of rotatable bonds is 5. The molecule has 1 N–H and O–H groups in total. The van der Waals surface area contributed by atoms with E-state index in [-0.39, 0.29) is 17.7 Å². The average Bonchev–Trinajstić information content (AvgIpc) is 3.02. The van der Waals surface area contributed by atoms with Gasteiger partial charge >= 0.3 is 0 Å². The fraction of sp³-hybridized carbons (Fsp3) is 0.158. The second-order valence-electron chi connectivity index (χ2n) is 5.55. The number of benzene rings is 2. The number of hydrogen-bond acceptors (Lipinski definition) is 3. The Bertz CT molecular complexity index is 765. The summed E-state index contributed by atoms with van der Waals surface area (Å²) < 4.78 is 0.556. The molecule has 1 unspecified atom stereocenters. The molecule has 5 heteroatoms. The highest BCUT2D eigenvalue weighted by Gasteiger charge is 2.27. The Morgan fingerprint density at radius 1 is 1.04 bits per heavy atom. The van der Waals surface area contributed by atoms with Gasteiger partial charge in [-0.2, -0.15) is 0 Å². The van der Waals surface area contributed by atoms with Gasteiger partial charge in [-0.1, -0.05) is 90.5 Å². The highest BCUT2D eigenvalue weighted by molar-refractivity contribution is 7.19. The first kappa shape index (κ1) is 16.7. The molecular weight excluding hydrogens is 340 g/mol. The summed E-state index contributed by atoms with van der Waals surface area (Å²) in [4.78, 5) is 16.8. The Morgan fingerprint density at radius 3 is 2.04 bits per heavy atom. The number of nitrogens with zero attached hydrogens (tertiary/aromatic N) is 1. The van der Waals surface area contributed by atoms with Crippen molar-refractivity contribution in [3.8, 4) is 0 Å². The van der Waals surface area contributed by atoms with Gasteiger partial charge in [0.25, 0.3) is 0 Å². The van der Waals surface area contributed by atoms with Crippen molar-refractivity contribution in [2.24, 2.45) is 5.92 Å². The molecule has 122 valence electrons. The predicted octanol–water partition coefficient (Wildman–Crippen LogP) is 5.20. The lowest BCUT2D eigenvalue weighted by molar-refractivity contribution is -0.119. The third kappa shape index (κ3) is 3.83. The van der Waals surface area contributed by atoms with Crippen LogP contribution in [0.3, 0.4) is 0 Å². The van der Waals surface area contributed by atoms with Crippen LogP contribution in [0, 0.1) is 5.92 Å². The summed E-state index contributed by atoms with van der Waals surface area (Å²) in [6, 6.07) is 20.2. The van der Waals surface area contributed by atoms with Gasteiger partial charge in [-0.25, -0.2) is 4.98 Å². The van der Waals surface area contributed by atoms with Gasteiger partial charge in [0, 0.05) is 11.8 Å². The van der Waals surface area contributed by atoms with Crippen LogP contribution in [0.2, 0.25) is 4.34 Å². The Labute approximate surface area is 150 Å². The maximum atomic E-state index is 12.7. The van der Waals surface area contributed by atoms with E-state index in [1.807, 2.05) is 43.3 Å². The molecule has 1 aromatic heterocycles. The molecule has 0 bridgehead atoms. The minimum atomic E-state index is -0.252. The fourth-order valence-electron chi connectivity index (χ4n) is 2.77. The second-order valence-corrected chi connectivity index (χ2v) is 7.21. The molecule has 24 heavy (non-hydrogen) atoms. The van der Waals surface area contributed by atoms with Gasteiger partial charge < -0.3 is 5.32 Å². The minimum Gasteiger partial charge on any atom is -0.302 e. The molecule has 1 atom stereocenters. The van der Waals surface area contributed by atoms with E-state index in [9.17, 15) is 4.79 Å². The normalized spacial score (nSPS) is 12.1. The van der Waals surface area contributed by atoms with Gasteiger partial charge in [-0.15, -0.1) is 0 Å². The molecule has 3 nitrogen and oxygen atoms in total. The largest absolute Gasteiger partial charge is 0.302 e. The highest BCUT2D eigenvalue weighted by Crippen LogP contribution is 2.33. The zero-order chi connectivity index (χ0) is 16.9. The molecule has 0 radical (unpaired) electrons. The van der Waals surface area contributed by atoms with Crippen LogP contribution >= 0.6 is 22.9 Å². The maximum absolute atomic E-state index is 12.7. The van der Waals surface area contributed by atoms with Crippen LogP contribution in [0.4, 0.5) is 5.13 Å². The number of nitrogens with one attached hydrogen (secondary N) is 1. The van der Waals surface area contributed by atoms with Crippen molar-refractivity contribution in [3.05, 3.63) is 82.3 Å². The van der Waals surface area contributed by atoms with E-state index in [0.717, 1.165) is 11.1 Å². The number of hydrogen-bond donors (Lipinski definition) is 1. The van der Waals surface area contributed by atoms with E-state index in [0.29, 0.717) is 9.47 Å². The summed E-state index contributed by atoms with van der Waals surface area (Å²) in [7, 11) is 0. The Balaban J connectivity index is 1.89. The molecule has 0 fully saturated rings. The lowest BCUT2D eigenvalue weighted by Crippen LogP contribution is -2.26. The highest BCUT2D eigenvalue weighted by atomic mass is 35.5. The van der Waals surface area contributed by atoms with E-state index < -0.39 is 0 Å². The standard InChI is InChI=1S/C19H17ClN2OS/c1-13(18(23)22-19-21-12-16(20)24-19)17(14-8-4-2-5-9-14)15-10-6-3-7-11-15/h2-13,17H,1H3,(H,21,22,23). The number of halogens is 1. The summed E-state index contributed by atoms with van der Waals surface area (Å²) in [6.07, 6.45) is 1.54. The molecule has 0 saturated carbocycles. The van der Waals surface area contributed by atoms with Crippen LogP contribution in [-0.2, 0) is 4.79 Å². The summed E-state index contributed by atoms with van der Waals surface area (Å²) in [5.41, 5.74) is 2.23. The summed E-state index contributed by atoms with van der Waals surface area (Å²) in [5, 5.41) is 3.39. The van der Waals surface area contributed by atoms with E-state index in [1.165, 1.54) is 11.3 Å². The minimum absolute atomic E-state index is 0.0252. The third-order valence-electron chi connectivity index (χ3n) is 3.94. The summed E-state index contributed by atoms with van der Waals surface area (Å²) in [5.74, 6) is -0.348. The number of carbonyl (C=O) groups is 1. The summed E-state index contributed by atoms with van der Waals surface area (Å²) >= 11 is 7.14. The zero-order valence-corrected chi connectivity index (χ0v) is 14.7. The fourth-order valence-corrected chi connectivity index (χ4v) is 3.59. The van der Waals surface area contributed by atoms with E-state index in [2.05, 4.69) is 34.6 Å². The van der Waals surface area contributed by atoms with Crippen LogP contribution in [0.25, 0.3) is 0 Å². The number of thiazole rings is 1. The number of aromatic nitrogens is 1. The van der Waals surface area contributed by atoms with Gasteiger partial charge in [-0.3, -0.25) is 4.79 Å². The monoisotopic (exact) mass is 356 g/mol. The van der Waals surface area contributed by atoms with Crippen LogP contribution in [0.5, 0.6) is 0 Å². The lowest BCUT2D eigenvalue weighted by Gasteiger charge is -2.24. The van der Waals surface area contributed by atoms with Crippen LogP contribution in [0.1, 0.15) is 24.0 Å². The predicted molar refractivity (Wildman–Crippen MR) is 99.6 cm³/mol. The first-order chi connectivity index (χ1) is 11.6. The molecule has 1 amide bonds. The van der Waals surface area contributed by atoms with Crippen molar-refractivity contribution < 1.29 is 4.79 Å². The third-order valence-corrected chi connectivity index (χ3v) is 4.97. The molecule has 0 aliphatic carbocycles. The van der Waals surface area contributed by atoms with Gasteiger partial charge in [0.1, 0.15) is 4.34 Å². The van der Waals surface area contributed by atoms with E-state index in [4.69, 9.17) is 11.6 Å². The molecule has 1 heterocycles. The topological polar surface area (TPSA) is 42.0 Å².